The first-order valence-corrected chi connectivity index (χ1v) is 10.7. The Morgan fingerprint density at radius 1 is 1.05 bits per heavy atom. The summed E-state index contributed by atoms with van der Waals surface area (Å²) in [5, 5.41) is 3.70. The lowest BCUT2D eigenvalue weighted by Crippen LogP contribution is -2.59. The monoisotopic (exact) mass is 331 g/mol. The van der Waals surface area contributed by atoms with E-state index in [9.17, 15) is 0 Å². The highest BCUT2D eigenvalue weighted by Crippen LogP contribution is 2.30. The molecule has 4 nitrogen and oxygen atoms in total. The lowest BCUT2D eigenvalue weighted by atomic mass is 9.81. The molecule has 0 aromatic rings. The molecule has 1 fully saturated rings. The van der Waals surface area contributed by atoms with Gasteiger partial charge < -0.3 is 19.5 Å². The summed E-state index contributed by atoms with van der Waals surface area (Å²) >= 11 is 0. The zero-order valence-electron chi connectivity index (χ0n) is 15.5. The first kappa shape index (κ1) is 20.1. The van der Waals surface area contributed by atoms with Gasteiger partial charge in [0, 0.05) is 30.9 Å². The Labute approximate surface area is 139 Å². The molecule has 1 aliphatic rings. The van der Waals surface area contributed by atoms with Gasteiger partial charge in [0.25, 0.3) is 0 Å². The van der Waals surface area contributed by atoms with Gasteiger partial charge in [-0.2, -0.15) is 0 Å². The molecule has 1 aliphatic heterocycles. The molecule has 0 aromatic heterocycles. The van der Waals surface area contributed by atoms with Crippen LogP contribution in [0, 0.1) is 0 Å². The predicted octanol–water partition coefficient (Wildman–Crippen LogP) is 2.65. The van der Waals surface area contributed by atoms with Crippen LogP contribution < -0.4 is 5.32 Å². The van der Waals surface area contributed by atoms with Crippen molar-refractivity contribution in [1.29, 1.82) is 0 Å². The summed E-state index contributed by atoms with van der Waals surface area (Å²) in [5.41, 5.74) is 0.326. The highest BCUT2D eigenvalue weighted by molar-refractivity contribution is 6.36. The number of nitrogens with one attached hydrogen (secondary N) is 1. The molecule has 0 amide bonds. The van der Waals surface area contributed by atoms with Crippen molar-refractivity contribution in [2.75, 3.05) is 19.8 Å². The molecule has 0 aliphatic carbocycles. The van der Waals surface area contributed by atoms with E-state index in [-0.39, 0.29) is 26.5 Å². The minimum Gasteiger partial charge on any atom is -0.378 e. The van der Waals surface area contributed by atoms with Crippen molar-refractivity contribution in [2.45, 2.75) is 89.9 Å². The van der Waals surface area contributed by atoms with Gasteiger partial charge in [0.1, 0.15) is 5.91 Å². The largest absolute Gasteiger partial charge is 0.378 e. The van der Waals surface area contributed by atoms with Gasteiger partial charge in [-0.1, -0.05) is 6.04 Å². The fourth-order valence-corrected chi connectivity index (χ4v) is 5.23. The summed E-state index contributed by atoms with van der Waals surface area (Å²) in [7, 11) is -0.326. The minimum atomic E-state index is -0.326. The van der Waals surface area contributed by atoms with Gasteiger partial charge in [-0.3, -0.25) is 0 Å². The van der Waals surface area contributed by atoms with Crippen molar-refractivity contribution < 1.29 is 14.2 Å². The average molecular weight is 332 g/mol. The number of hydrogen-bond acceptors (Lipinski definition) is 4. The summed E-state index contributed by atoms with van der Waals surface area (Å²) in [6.07, 6.45) is 3.69. The molecule has 22 heavy (non-hydrogen) atoms. The van der Waals surface area contributed by atoms with Crippen LogP contribution in [0.15, 0.2) is 0 Å². The molecule has 0 bridgehead atoms. The molecule has 132 valence electrons. The van der Waals surface area contributed by atoms with E-state index in [1.54, 1.807) is 0 Å². The molecule has 5 heteroatoms. The lowest BCUT2D eigenvalue weighted by Gasteiger charge is -2.46. The second-order valence-electron chi connectivity index (χ2n) is 7.63. The van der Waals surface area contributed by atoms with E-state index in [0.29, 0.717) is 6.10 Å². The SMILES string of the molecule is CCOC(OCC)[SiH2]CCCOC1CC(C)(C)NC(C)(C)C1. The Morgan fingerprint density at radius 3 is 2.09 bits per heavy atom. The summed E-state index contributed by atoms with van der Waals surface area (Å²) in [5.74, 6) is 0.0896. The van der Waals surface area contributed by atoms with Gasteiger partial charge in [-0.15, -0.1) is 0 Å². The van der Waals surface area contributed by atoms with Crippen molar-refractivity contribution in [2.24, 2.45) is 0 Å². The van der Waals surface area contributed by atoms with Crippen LogP contribution in [0.4, 0.5) is 0 Å². The fraction of sp³-hybridized carbons (Fsp3) is 1.00. The van der Waals surface area contributed by atoms with Gasteiger partial charge in [-0.25, -0.2) is 0 Å². The highest BCUT2D eigenvalue weighted by atomic mass is 28.2. The van der Waals surface area contributed by atoms with E-state index in [1.165, 1.54) is 6.04 Å². The van der Waals surface area contributed by atoms with E-state index in [0.717, 1.165) is 39.1 Å². The average Bonchev–Trinajstić information content (AvgIpc) is 2.35. The third-order valence-electron chi connectivity index (χ3n) is 4.05. The topological polar surface area (TPSA) is 39.7 Å². The molecule has 1 saturated heterocycles. The van der Waals surface area contributed by atoms with E-state index >= 15 is 0 Å². The van der Waals surface area contributed by atoms with Crippen molar-refractivity contribution in [1.82, 2.24) is 5.32 Å². The van der Waals surface area contributed by atoms with E-state index in [4.69, 9.17) is 14.2 Å². The van der Waals surface area contributed by atoms with Crippen LogP contribution in [-0.4, -0.2) is 52.4 Å². The van der Waals surface area contributed by atoms with Gasteiger partial charge in [0.05, 0.1) is 15.6 Å². The highest BCUT2D eigenvalue weighted by Gasteiger charge is 2.37. The summed E-state index contributed by atoms with van der Waals surface area (Å²) < 4.78 is 17.4. The Kier molecular flexibility index (Phi) is 8.57. The lowest BCUT2D eigenvalue weighted by molar-refractivity contribution is -0.0829. The number of ether oxygens (including phenoxy) is 3. The number of rotatable bonds is 10. The van der Waals surface area contributed by atoms with E-state index in [1.807, 2.05) is 13.8 Å². The van der Waals surface area contributed by atoms with Crippen molar-refractivity contribution >= 4 is 9.52 Å². The molecule has 0 unspecified atom stereocenters. The first-order chi connectivity index (χ1) is 10.3. The molecular weight excluding hydrogens is 294 g/mol. The van der Waals surface area contributed by atoms with Gasteiger partial charge >= 0.3 is 0 Å². The maximum Gasteiger partial charge on any atom is 0.134 e. The normalized spacial score (nSPS) is 22.0. The summed E-state index contributed by atoms with van der Waals surface area (Å²) in [6.45, 7) is 15.5. The Morgan fingerprint density at radius 2 is 1.59 bits per heavy atom. The van der Waals surface area contributed by atoms with Crippen LogP contribution in [0.3, 0.4) is 0 Å². The van der Waals surface area contributed by atoms with Crippen LogP contribution in [-0.2, 0) is 14.2 Å². The van der Waals surface area contributed by atoms with E-state index in [2.05, 4.69) is 33.0 Å². The third-order valence-corrected chi connectivity index (χ3v) is 5.90. The Hall–Kier alpha value is 0.0569. The molecule has 1 heterocycles. The van der Waals surface area contributed by atoms with Crippen LogP contribution >= 0.6 is 0 Å². The van der Waals surface area contributed by atoms with Crippen LogP contribution in [0.25, 0.3) is 0 Å². The first-order valence-electron chi connectivity index (χ1n) is 8.92. The molecule has 0 radical (unpaired) electrons. The Bertz CT molecular complexity index is 288. The van der Waals surface area contributed by atoms with Crippen LogP contribution in [0.2, 0.25) is 6.04 Å². The second kappa shape index (κ2) is 9.38. The summed E-state index contributed by atoms with van der Waals surface area (Å²) in [6, 6.07) is 1.22. The van der Waals surface area contributed by atoms with Crippen molar-refractivity contribution in [3.05, 3.63) is 0 Å². The summed E-state index contributed by atoms with van der Waals surface area (Å²) in [4.78, 5) is 0. The van der Waals surface area contributed by atoms with Crippen molar-refractivity contribution in [3.63, 3.8) is 0 Å². The molecular formula is C17H37NO3Si. The standard InChI is InChI=1S/C17H37NO3Si/c1-7-19-15(20-8-2)22-11-9-10-21-14-12-16(3,4)18-17(5,6)13-14/h14-15,18H,7-13,22H2,1-6H3. The fourth-order valence-electron chi connectivity index (χ4n) is 3.60. The molecule has 0 atom stereocenters. The molecule has 0 aromatic carbocycles. The van der Waals surface area contributed by atoms with Crippen LogP contribution in [0.5, 0.6) is 0 Å². The number of hydrogen-bond donors (Lipinski definition) is 1. The number of piperidine rings is 1. The molecule has 1 rings (SSSR count). The smallest absolute Gasteiger partial charge is 0.134 e. The molecule has 1 N–H and O–H groups in total. The van der Waals surface area contributed by atoms with E-state index < -0.39 is 0 Å². The van der Waals surface area contributed by atoms with Crippen LogP contribution in [0.1, 0.15) is 60.8 Å². The predicted molar refractivity (Wildman–Crippen MR) is 95.3 cm³/mol. The minimum absolute atomic E-state index is 0.0896. The van der Waals surface area contributed by atoms with Gasteiger partial charge in [-0.05, 0) is 60.8 Å². The maximum atomic E-state index is 6.16. The van der Waals surface area contributed by atoms with Gasteiger partial charge in [0.2, 0.25) is 0 Å². The molecule has 0 saturated carbocycles. The van der Waals surface area contributed by atoms with Crippen molar-refractivity contribution in [3.8, 4) is 0 Å². The zero-order valence-corrected chi connectivity index (χ0v) is 17.0. The second-order valence-corrected chi connectivity index (χ2v) is 9.58. The molecule has 0 spiro atoms. The Balaban J connectivity index is 2.21. The van der Waals surface area contributed by atoms with Gasteiger partial charge in [0.15, 0.2) is 0 Å². The maximum absolute atomic E-state index is 6.16. The third kappa shape index (κ3) is 8.06. The quantitative estimate of drug-likeness (QED) is 0.379. The zero-order chi connectivity index (χ0) is 16.6.